The highest BCUT2D eigenvalue weighted by Crippen LogP contribution is 2.21. The summed E-state index contributed by atoms with van der Waals surface area (Å²) < 4.78 is 14.4. The maximum absolute atomic E-state index is 13.5. The zero-order chi connectivity index (χ0) is 12.1. The summed E-state index contributed by atoms with van der Waals surface area (Å²) in [5.74, 6) is -0.0301. The van der Waals surface area contributed by atoms with Crippen molar-refractivity contribution in [2.24, 2.45) is 5.92 Å². The molecule has 0 fully saturated rings. The summed E-state index contributed by atoms with van der Waals surface area (Å²) in [5.41, 5.74) is 0.638. The molecule has 0 saturated heterocycles. The molecule has 2 unspecified atom stereocenters. The third kappa shape index (κ3) is 3.85. The SMILES string of the molecule is CC(CO)CNC(C)c1cc(Br)ccc1F. The van der Waals surface area contributed by atoms with Gasteiger partial charge in [-0.05, 0) is 31.0 Å². The zero-order valence-corrected chi connectivity index (χ0v) is 11.1. The first-order valence-electron chi connectivity index (χ1n) is 5.33. The number of aliphatic hydroxyl groups is 1. The lowest BCUT2D eigenvalue weighted by atomic mass is 10.1. The van der Waals surface area contributed by atoms with Gasteiger partial charge in [-0.25, -0.2) is 4.39 Å². The second-order valence-electron chi connectivity index (χ2n) is 4.08. The predicted octanol–water partition coefficient (Wildman–Crippen LogP) is 2.87. The van der Waals surface area contributed by atoms with E-state index in [0.717, 1.165) is 4.47 Å². The minimum atomic E-state index is -0.208. The molecule has 1 aromatic rings. The third-order valence-electron chi connectivity index (χ3n) is 2.51. The first-order valence-corrected chi connectivity index (χ1v) is 6.13. The Bertz CT molecular complexity index is 346. The van der Waals surface area contributed by atoms with Crippen molar-refractivity contribution in [3.63, 3.8) is 0 Å². The Labute approximate surface area is 104 Å². The van der Waals surface area contributed by atoms with Crippen LogP contribution < -0.4 is 5.32 Å². The molecule has 2 nitrogen and oxygen atoms in total. The molecule has 0 aliphatic rings. The maximum atomic E-state index is 13.5. The van der Waals surface area contributed by atoms with E-state index in [4.69, 9.17) is 5.11 Å². The van der Waals surface area contributed by atoms with E-state index in [9.17, 15) is 4.39 Å². The summed E-state index contributed by atoms with van der Waals surface area (Å²) in [6.45, 7) is 4.66. The summed E-state index contributed by atoms with van der Waals surface area (Å²) in [6.07, 6.45) is 0. The molecule has 0 aliphatic heterocycles. The highest BCUT2D eigenvalue weighted by Gasteiger charge is 2.11. The topological polar surface area (TPSA) is 32.3 Å². The Morgan fingerprint density at radius 2 is 2.12 bits per heavy atom. The molecule has 0 saturated carbocycles. The highest BCUT2D eigenvalue weighted by atomic mass is 79.9. The standard InChI is InChI=1S/C12H17BrFNO/c1-8(7-16)6-15-9(2)11-5-10(13)3-4-12(11)14/h3-5,8-9,15-16H,6-7H2,1-2H3. The van der Waals surface area contributed by atoms with Gasteiger partial charge in [0.15, 0.2) is 0 Å². The second-order valence-corrected chi connectivity index (χ2v) is 5.00. The Kier molecular flexibility index (Phi) is 5.38. The third-order valence-corrected chi connectivity index (χ3v) is 3.00. The number of aliphatic hydroxyl groups excluding tert-OH is 1. The Hall–Kier alpha value is -0.450. The lowest BCUT2D eigenvalue weighted by Gasteiger charge is -2.17. The van der Waals surface area contributed by atoms with Crippen molar-refractivity contribution in [3.05, 3.63) is 34.1 Å². The van der Waals surface area contributed by atoms with Gasteiger partial charge in [0.25, 0.3) is 0 Å². The van der Waals surface area contributed by atoms with Gasteiger partial charge in [-0.1, -0.05) is 22.9 Å². The second kappa shape index (κ2) is 6.33. The molecule has 2 atom stereocenters. The van der Waals surface area contributed by atoms with Crippen molar-refractivity contribution in [1.29, 1.82) is 0 Å². The molecule has 2 N–H and O–H groups in total. The fourth-order valence-electron chi connectivity index (χ4n) is 1.40. The van der Waals surface area contributed by atoms with Gasteiger partial charge in [0.05, 0.1) is 0 Å². The number of rotatable bonds is 5. The van der Waals surface area contributed by atoms with Crippen molar-refractivity contribution in [1.82, 2.24) is 5.32 Å². The number of hydrogen-bond acceptors (Lipinski definition) is 2. The molecule has 0 aliphatic carbocycles. The van der Waals surface area contributed by atoms with Gasteiger partial charge in [-0.3, -0.25) is 0 Å². The molecule has 0 aromatic heterocycles. The molecule has 4 heteroatoms. The summed E-state index contributed by atoms with van der Waals surface area (Å²) in [7, 11) is 0. The van der Waals surface area contributed by atoms with E-state index in [0.29, 0.717) is 12.1 Å². The van der Waals surface area contributed by atoms with Crippen molar-refractivity contribution in [3.8, 4) is 0 Å². The predicted molar refractivity (Wildman–Crippen MR) is 66.8 cm³/mol. The molecular formula is C12H17BrFNO. The van der Waals surface area contributed by atoms with E-state index in [-0.39, 0.29) is 24.4 Å². The van der Waals surface area contributed by atoms with Crippen LogP contribution in [0, 0.1) is 11.7 Å². The van der Waals surface area contributed by atoms with Crippen LogP contribution >= 0.6 is 15.9 Å². The summed E-state index contributed by atoms with van der Waals surface area (Å²) in [4.78, 5) is 0. The monoisotopic (exact) mass is 289 g/mol. The molecule has 0 bridgehead atoms. The molecular weight excluding hydrogens is 273 g/mol. The van der Waals surface area contributed by atoms with E-state index in [1.165, 1.54) is 6.07 Å². The van der Waals surface area contributed by atoms with Crippen LogP contribution in [0.4, 0.5) is 4.39 Å². The van der Waals surface area contributed by atoms with E-state index in [2.05, 4.69) is 21.2 Å². The number of benzene rings is 1. The van der Waals surface area contributed by atoms with Gasteiger partial charge in [0.1, 0.15) is 5.82 Å². The fraction of sp³-hybridized carbons (Fsp3) is 0.500. The minimum absolute atomic E-state index is 0.0634. The average molecular weight is 290 g/mol. The van der Waals surface area contributed by atoms with Gasteiger partial charge in [0, 0.05) is 29.2 Å². The van der Waals surface area contributed by atoms with Gasteiger partial charge >= 0.3 is 0 Å². The van der Waals surface area contributed by atoms with Crippen LogP contribution in [0.1, 0.15) is 25.5 Å². The average Bonchev–Trinajstić information content (AvgIpc) is 2.28. The quantitative estimate of drug-likeness (QED) is 0.874. The van der Waals surface area contributed by atoms with E-state index in [1.54, 1.807) is 12.1 Å². The lowest BCUT2D eigenvalue weighted by molar-refractivity contribution is 0.230. The normalized spacial score (nSPS) is 14.8. The van der Waals surface area contributed by atoms with Gasteiger partial charge in [0.2, 0.25) is 0 Å². The summed E-state index contributed by atoms with van der Waals surface area (Å²) in [5, 5.41) is 12.1. The molecule has 90 valence electrons. The minimum Gasteiger partial charge on any atom is -0.396 e. The van der Waals surface area contributed by atoms with Crippen LogP contribution in [0.2, 0.25) is 0 Å². The van der Waals surface area contributed by atoms with Crippen molar-refractivity contribution in [2.45, 2.75) is 19.9 Å². The highest BCUT2D eigenvalue weighted by molar-refractivity contribution is 9.10. The van der Waals surface area contributed by atoms with E-state index >= 15 is 0 Å². The van der Waals surface area contributed by atoms with E-state index in [1.807, 2.05) is 13.8 Å². The summed E-state index contributed by atoms with van der Waals surface area (Å²) >= 11 is 3.32. The van der Waals surface area contributed by atoms with Crippen LogP contribution in [-0.4, -0.2) is 18.3 Å². The van der Waals surface area contributed by atoms with Crippen molar-refractivity contribution in [2.75, 3.05) is 13.2 Å². The molecule has 0 radical (unpaired) electrons. The molecule has 0 spiro atoms. The van der Waals surface area contributed by atoms with Gasteiger partial charge in [-0.15, -0.1) is 0 Å². The van der Waals surface area contributed by atoms with Crippen LogP contribution in [0.15, 0.2) is 22.7 Å². The number of hydrogen-bond donors (Lipinski definition) is 2. The maximum Gasteiger partial charge on any atom is 0.128 e. The number of nitrogens with one attached hydrogen (secondary N) is 1. The molecule has 1 rings (SSSR count). The Morgan fingerprint density at radius 1 is 1.44 bits per heavy atom. The van der Waals surface area contributed by atoms with Gasteiger partial charge in [-0.2, -0.15) is 0 Å². The van der Waals surface area contributed by atoms with Crippen LogP contribution in [0.3, 0.4) is 0 Å². The van der Waals surface area contributed by atoms with E-state index < -0.39 is 0 Å². The largest absolute Gasteiger partial charge is 0.396 e. The Balaban J connectivity index is 2.65. The van der Waals surface area contributed by atoms with Crippen LogP contribution in [-0.2, 0) is 0 Å². The van der Waals surface area contributed by atoms with Crippen LogP contribution in [0.5, 0.6) is 0 Å². The molecule has 1 aromatic carbocycles. The molecule has 0 amide bonds. The first-order chi connectivity index (χ1) is 7.54. The van der Waals surface area contributed by atoms with Crippen LogP contribution in [0.25, 0.3) is 0 Å². The fourth-order valence-corrected chi connectivity index (χ4v) is 1.78. The number of halogens is 2. The smallest absolute Gasteiger partial charge is 0.128 e. The summed E-state index contributed by atoms with van der Waals surface area (Å²) in [6, 6.07) is 4.84. The Morgan fingerprint density at radius 3 is 2.75 bits per heavy atom. The first kappa shape index (κ1) is 13.6. The molecule has 0 heterocycles. The molecule has 16 heavy (non-hydrogen) atoms. The van der Waals surface area contributed by atoms with Gasteiger partial charge < -0.3 is 10.4 Å². The van der Waals surface area contributed by atoms with Crippen molar-refractivity contribution < 1.29 is 9.50 Å². The van der Waals surface area contributed by atoms with Crippen molar-refractivity contribution >= 4 is 15.9 Å². The zero-order valence-electron chi connectivity index (χ0n) is 9.50. The lowest BCUT2D eigenvalue weighted by Crippen LogP contribution is -2.26.